The maximum atomic E-state index is 12.0. The van der Waals surface area contributed by atoms with Crippen molar-refractivity contribution in [3.8, 4) is 0 Å². The summed E-state index contributed by atoms with van der Waals surface area (Å²) in [5.41, 5.74) is 1.24. The fraction of sp³-hybridized carbons (Fsp3) is 0.333. The lowest BCUT2D eigenvalue weighted by atomic mass is 10.1. The molecule has 0 bridgehead atoms. The largest absolute Gasteiger partial charge is 0.477 e. The van der Waals surface area contributed by atoms with E-state index in [1.165, 1.54) is 0 Å². The number of benzene rings is 1. The van der Waals surface area contributed by atoms with E-state index in [1.54, 1.807) is 18.2 Å². The number of carboxylic acid groups (broad SMARTS) is 1. The molecule has 1 aliphatic rings. The fourth-order valence-corrected chi connectivity index (χ4v) is 2.83. The average molecular weight is 323 g/mol. The number of nitrogens with one attached hydrogen (secondary N) is 2. The molecule has 22 heavy (non-hydrogen) atoms. The van der Waals surface area contributed by atoms with E-state index in [0.717, 1.165) is 6.42 Å². The highest BCUT2D eigenvalue weighted by molar-refractivity contribution is 6.31. The van der Waals surface area contributed by atoms with Crippen LogP contribution in [0.5, 0.6) is 0 Å². The summed E-state index contributed by atoms with van der Waals surface area (Å²) in [6, 6.07) is 5.09. The minimum absolute atomic E-state index is 0.0601. The SMILES string of the molecule is O=C(O)c1[nH]c2ccc(Cl)cc2c1CNC(=O)C1CCCO1. The van der Waals surface area contributed by atoms with Crippen molar-refractivity contribution in [2.24, 2.45) is 0 Å². The minimum atomic E-state index is -1.08. The normalized spacial score (nSPS) is 17.8. The Labute approximate surface area is 131 Å². The molecule has 116 valence electrons. The van der Waals surface area contributed by atoms with E-state index in [4.69, 9.17) is 16.3 Å². The molecule has 0 spiro atoms. The van der Waals surface area contributed by atoms with Crippen LogP contribution in [0.2, 0.25) is 5.02 Å². The zero-order valence-corrected chi connectivity index (χ0v) is 12.4. The van der Waals surface area contributed by atoms with Crippen molar-refractivity contribution >= 4 is 34.4 Å². The molecule has 1 aromatic heterocycles. The van der Waals surface area contributed by atoms with Gasteiger partial charge in [0, 0.05) is 34.6 Å². The van der Waals surface area contributed by atoms with Crippen molar-refractivity contribution in [2.75, 3.05) is 6.61 Å². The summed E-state index contributed by atoms with van der Waals surface area (Å²) in [6.07, 6.45) is 1.11. The number of halogens is 1. The molecule has 0 saturated carbocycles. The van der Waals surface area contributed by atoms with E-state index in [2.05, 4.69) is 10.3 Å². The van der Waals surface area contributed by atoms with Gasteiger partial charge in [0.1, 0.15) is 11.8 Å². The molecule has 1 amide bonds. The quantitative estimate of drug-likeness (QED) is 0.805. The Balaban J connectivity index is 1.87. The van der Waals surface area contributed by atoms with Crippen LogP contribution < -0.4 is 5.32 Å². The standard InChI is InChI=1S/C15H15ClN2O4/c16-8-3-4-11-9(6-8)10(13(18-11)15(20)21)7-17-14(19)12-2-1-5-22-12/h3-4,6,12,18H,1-2,5,7H2,(H,17,19)(H,20,21). The number of amides is 1. The second-order valence-electron chi connectivity index (χ2n) is 5.19. The highest BCUT2D eigenvalue weighted by atomic mass is 35.5. The molecule has 1 saturated heterocycles. The maximum absolute atomic E-state index is 12.0. The number of carbonyl (C=O) groups excluding carboxylic acids is 1. The Kier molecular flexibility index (Phi) is 4.04. The molecule has 3 N–H and O–H groups in total. The summed E-state index contributed by atoms with van der Waals surface area (Å²) < 4.78 is 5.31. The first-order valence-corrected chi connectivity index (χ1v) is 7.37. The van der Waals surface area contributed by atoms with Crippen molar-refractivity contribution in [1.82, 2.24) is 10.3 Å². The van der Waals surface area contributed by atoms with Gasteiger partial charge >= 0.3 is 5.97 Å². The van der Waals surface area contributed by atoms with Gasteiger partial charge in [-0.25, -0.2) is 4.79 Å². The number of aromatic carboxylic acids is 1. The number of aromatic nitrogens is 1. The minimum Gasteiger partial charge on any atom is -0.477 e. The molecule has 2 heterocycles. The lowest BCUT2D eigenvalue weighted by Crippen LogP contribution is -2.33. The topological polar surface area (TPSA) is 91.4 Å². The Hall–Kier alpha value is -2.05. The third kappa shape index (κ3) is 2.80. The van der Waals surface area contributed by atoms with E-state index in [0.29, 0.717) is 34.5 Å². The highest BCUT2D eigenvalue weighted by Crippen LogP contribution is 2.26. The van der Waals surface area contributed by atoms with Gasteiger partial charge in [-0.3, -0.25) is 4.79 Å². The molecule has 7 heteroatoms. The summed E-state index contributed by atoms with van der Waals surface area (Å²) in [5, 5.41) is 13.3. The number of rotatable bonds is 4. The number of hydrogen-bond donors (Lipinski definition) is 3. The number of fused-ring (bicyclic) bond motifs is 1. The molecule has 0 radical (unpaired) electrons. The summed E-state index contributed by atoms with van der Waals surface area (Å²) in [5.74, 6) is -1.29. The predicted molar refractivity (Wildman–Crippen MR) is 81.1 cm³/mol. The molecule has 2 aromatic rings. The lowest BCUT2D eigenvalue weighted by Gasteiger charge is -2.10. The van der Waals surface area contributed by atoms with Gasteiger partial charge in [0.25, 0.3) is 0 Å². The average Bonchev–Trinajstić information content (AvgIpc) is 3.12. The van der Waals surface area contributed by atoms with Gasteiger partial charge in [-0.05, 0) is 31.0 Å². The molecular weight excluding hydrogens is 308 g/mol. The van der Waals surface area contributed by atoms with Crippen LogP contribution in [-0.2, 0) is 16.1 Å². The van der Waals surface area contributed by atoms with Crippen LogP contribution in [0.4, 0.5) is 0 Å². The Morgan fingerprint density at radius 2 is 2.27 bits per heavy atom. The summed E-state index contributed by atoms with van der Waals surface area (Å²) in [4.78, 5) is 26.2. The van der Waals surface area contributed by atoms with Gasteiger partial charge in [-0.15, -0.1) is 0 Å². The number of hydrogen-bond acceptors (Lipinski definition) is 3. The Bertz CT molecular complexity index is 734. The summed E-state index contributed by atoms with van der Waals surface area (Å²) in [7, 11) is 0. The number of aromatic amines is 1. The third-order valence-electron chi connectivity index (χ3n) is 3.74. The number of carboxylic acids is 1. The monoisotopic (exact) mass is 322 g/mol. The Morgan fingerprint density at radius 3 is 2.95 bits per heavy atom. The molecule has 1 aromatic carbocycles. The van der Waals surface area contributed by atoms with Crippen molar-refractivity contribution in [3.63, 3.8) is 0 Å². The molecule has 1 fully saturated rings. The van der Waals surface area contributed by atoms with Crippen LogP contribution in [0.3, 0.4) is 0 Å². The summed E-state index contributed by atoms with van der Waals surface area (Å²) in [6.45, 7) is 0.696. The van der Waals surface area contributed by atoms with Crippen LogP contribution in [0.1, 0.15) is 28.9 Å². The van der Waals surface area contributed by atoms with Gasteiger partial charge in [0.15, 0.2) is 0 Å². The Morgan fingerprint density at radius 1 is 1.45 bits per heavy atom. The zero-order chi connectivity index (χ0) is 15.7. The molecular formula is C15H15ClN2O4. The predicted octanol–water partition coefficient (Wildman–Crippen LogP) is 2.31. The zero-order valence-electron chi connectivity index (χ0n) is 11.7. The first-order valence-electron chi connectivity index (χ1n) is 6.99. The second-order valence-corrected chi connectivity index (χ2v) is 5.63. The van der Waals surface area contributed by atoms with Crippen LogP contribution in [-0.4, -0.2) is 34.7 Å². The van der Waals surface area contributed by atoms with Crippen LogP contribution in [0, 0.1) is 0 Å². The van der Waals surface area contributed by atoms with E-state index >= 15 is 0 Å². The van der Waals surface area contributed by atoms with Crippen molar-refractivity contribution in [2.45, 2.75) is 25.5 Å². The van der Waals surface area contributed by atoms with Crippen molar-refractivity contribution in [1.29, 1.82) is 0 Å². The van der Waals surface area contributed by atoms with Gasteiger partial charge in [-0.2, -0.15) is 0 Å². The highest BCUT2D eigenvalue weighted by Gasteiger charge is 2.24. The van der Waals surface area contributed by atoms with E-state index in [1.807, 2.05) is 0 Å². The number of ether oxygens (including phenoxy) is 1. The van der Waals surface area contributed by atoms with Gasteiger partial charge in [0.05, 0.1) is 0 Å². The molecule has 1 atom stereocenters. The van der Waals surface area contributed by atoms with Crippen LogP contribution in [0.15, 0.2) is 18.2 Å². The van der Waals surface area contributed by atoms with E-state index in [9.17, 15) is 14.7 Å². The van der Waals surface area contributed by atoms with E-state index in [-0.39, 0.29) is 18.1 Å². The molecule has 1 unspecified atom stereocenters. The fourth-order valence-electron chi connectivity index (χ4n) is 2.66. The molecule has 1 aliphatic heterocycles. The first kappa shape index (κ1) is 14.9. The van der Waals surface area contributed by atoms with Crippen molar-refractivity contribution in [3.05, 3.63) is 34.5 Å². The first-order chi connectivity index (χ1) is 10.6. The summed E-state index contributed by atoms with van der Waals surface area (Å²) >= 11 is 5.98. The second kappa shape index (κ2) is 5.98. The molecule has 6 nitrogen and oxygen atoms in total. The van der Waals surface area contributed by atoms with Crippen LogP contribution in [0.25, 0.3) is 10.9 Å². The van der Waals surface area contributed by atoms with E-state index < -0.39 is 12.1 Å². The number of H-pyrrole nitrogens is 1. The molecule has 0 aliphatic carbocycles. The van der Waals surface area contributed by atoms with Gasteiger partial charge in [-0.1, -0.05) is 11.6 Å². The van der Waals surface area contributed by atoms with Gasteiger partial charge in [0.2, 0.25) is 5.91 Å². The maximum Gasteiger partial charge on any atom is 0.352 e. The third-order valence-corrected chi connectivity index (χ3v) is 3.98. The van der Waals surface area contributed by atoms with Gasteiger partial charge < -0.3 is 20.1 Å². The van der Waals surface area contributed by atoms with Crippen molar-refractivity contribution < 1.29 is 19.4 Å². The van der Waals surface area contributed by atoms with Crippen LogP contribution >= 0.6 is 11.6 Å². The lowest BCUT2D eigenvalue weighted by molar-refractivity contribution is -0.130. The number of carbonyl (C=O) groups is 2. The smallest absolute Gasteiger partial charge is 0.352 e. The molecule has 3 rings (SSSR count).